The average molecular weight is 332 g/mol. The summed E-state index contributed by atoms with van der Waals surface area (Å²) >= 11 is 1.83. The van der Waals surface area contributed by atoms with Gasteiger partial charge in [-0.3, -0.25) is 13.5 Å². The number of aromatic nitrogens is 2. The fourth-order valence-electron chi connectivity index (χ4n) is 3.37. The van der Waals surface area contributed by atoms with Crippen LogP contribution in [0.5, 0.6) is 0 Å². The van der Waals surface area contributed by atoms with Crippen molar-refractivity contribution in [1.29, 1.82) is 0 Å². The van der Waals surface area contributed by atoms with Crippen molar-refractivity contribution >= 4 is 29.8 Å². The number of fused-ring (bicyclic) bond motifs is 1. The van der Waals surface area contributed by atoms with Crippen molar-refractivity contribution in [2.45, 2.75) is 32.1 Å². The molecular formula is C17H24N4OS. The predicted octanol–water partition coefficient (Wildman–Crippen LogP) is 2.95. The van der Waals surface area contributed by atoms with E-state index < -0.39 is 0 Å². The number of piperidine rings is 1. The van der Waals surface area contributed by atoms with Gasteiger partial charge in [-0.2, -0.15) is 0 Å². The monoisotopic (exact) mass is 332 g/mol. The van der Waals surface area contributed by atoms with Crippen LogP contribution in [0.2, 0.25) is 0 Å². The van der Waals surface area contributed by atoms with Gasteiger partial charge in [0.25, 0.3) is 0 Å². The molecule has 1 saturated heterocycles. The van der Waals surface area contributed by atoms with E-state index in [1.165, 1.54) is 18.4 Å². The molecule has 0 unspecified atom stereocenters. The molecule has 2 aromatic rings. The first kappa shape index (κ1) is 16.3. The van der Waals surface area contributed by atoms with Crippen LogP contribution in [-0.4, -0.2) is 46.5 Å². The molecule has 0 spiro atoms. The van der Waals surface area contributed by atoms with Gasteiger partial charge < -0.3 is 4.90 Å². The van der Waals surface area contributed by atoms with Crippen molar-refractivity contribution < 1.29 is 4.79 Å². The van der Waals surface area contributed by atoms with Gasteiger partial charge in [0.2, 0.25) is 6.41 Å². The fourth-order valence-corrected chi connectivity index (χ4v) is 3.95. The van der Waals surface area contributed by atoms with Crippen LogP contribution in [0, 0.1) is 0 Å². The Bertz CT molecular complexity index is 691. The number of amides is 1. The number of rotatable bonds is 5. The Morgan fingerprint density at radius 3 is 2.74 bits per heavy atom. The van der Waals surface area contributed by atoms with Crippen LogP contribution in [0.3, 0.4) is 0 Å². The highest BCUT2D eigenvalue weighted by molar-refractivity contribution is 7.96. The molecule has 5 nitrogen and oxygen atoms in total. The highest BCUT2D eigenvalue weighted by atomic mass is 32.2. The minimum atomic E-state index is 0.588. The number of hydrogen-bond donors (Lipinski definition) is 0. The lowest BCUT2D eigenvalue weighted by molar-refractivity contribution is -0.107. The Hall–Kier alpha value is -1.53. The van der Waals surface area contributed by atoms with E-state index in [1.807, 2.05) is 11.9 Å². The van der Waals surface area contributed by atoms with Crippen LogP contribution in [-0.2, 0) is 11.2 Å². The third-order valence-electron chi connectivity index (χ3n) is 4.70. The molecular weight excluding hydrogens is 308 g/mol. The summed E-state index contributed by atoms with van der Waals surface area (Å²) in [6.07, 6.45) is 8.35. The summed E-state index contributed by atoms with van der Waals surface area (Å²) in [7, 11) is 1.79. The van der Waals surface area contributed by atoms with Crippen LogP contribution < -0.4 is 4.90 Å². The van der Waals surface area contributed by atoms with Gasteiger partial charge in [-0.05, 0) is 43.1 Å². The third-order valence-corrected chi connectivity index (χ3v) is 5.58. The zero-order valence-electron chi connectivity index (χ0n) is 14.0. The molecule has 0 radical (unpaired) electrons. The smallest absolute Gasteiger partial charge is 0.215 e. The molecule has 3 rings (SSSR count). The van der Waals surface area contributed by atoms with Crippen molar-refractivity contribution in [2.75, 3.05) is 31.3 Å². The van der Waals surface area contributed by atoms with Crippen LogP contribution in [0.25, 0.3) is 5.65 Å². The lowest BCUT2D eigenvalue weighted by Crippen LogP contribution is -2.27. The molecule has 124 valence electrons. The normalized spacial score (nSPS) is 16.8. The molecule has 0 saturated carbocycles. The van der Waals surface area contributed by atoms with Gasteiger partial charge in [0, 0.05) is 26.3 Å². The molecule has 0 atom stereocenters. The topological polar surface area (TPSA) is 40.9 Å². The zero-order chi connectivity index (χ0) is 16.4. The molecule has 6 heteroatoms. The summed E-state index contributed by atoms with van der Waals surface area (Å²) in [5.74, 6) is 1.48. The second-order valence-corrected chi connectivity index (χ2v) is 6.91. The van der Waals surface area contributed by atoms with Gasteiger partial charge in [-0.25, -0.2) is 4.98 Å². The van der Waals surface area contributed by atoms with E-state index in [9.17, 15) is 4.79 Å². The molecule has 3 heterocycles. The SMILES string of the molecule is CCc1nc2ccc(C3CCN(SC)CC3)cn2c1N(C)C=O. The Kier molecular flexibility index (Phi) is 4.92. The second-order valence-electron chi connectivity index (χ2n) is 6.03. The molecule has 0 aromatic carbocycles. The fraction of sp³-hybridized carbons (Fsp3) is 0.529. The average Bonchev–Trinajstić information content (AvgIpc) is 2.98. The molecule has 0 bridgehead atoms. The number of hydrogen-bond acceptors (Lipinski definition) is 4. The summed E-state index contributed by atoms with van der Waals surface area (Å²) < 4.78 is 4.50. The van der Waals surface area contributed by atoms with Crippen LogP contribution in [0.1, 0.15) is 36.9 Å². The molecule has 23 heavy (non-hydrogen) atoms. The molecule has 1 amide bonds. The van der Waals surface area contributed by atoms with E-state index in [-0.39, 0.29) is 0 Å². The second kappa shape index (κ2) is 6.93. The number of imidazole rings is 1. The van der Waals surface area contributed by atoms with Gasteiger partial charge in [-0.1, -0.05) is 24.9 Å². The Balaban J connectivity index is 1.96. The highest BCUT2D eigenvalue weighted by Crippen LogP contribution is 2.31. The van der Waals surface area contributed by atoms with E-state index >= 15 is 0 Å². The van der Waals surface area contributed by atoms with Crippen LogP contribution in [0.15, 0.2) is 18.3 Å². The van der Waals surface area contributed by atoms with Gasteiger partial charge in [-0.15, -0.1) is 0 Å². The largest absolute Gasteiger partial charge is 0.302 e. The summed E-state index contributed by atoms with van der Waals surface area (Å²) in [5, 5.41) is 0. The summed E-state index contributed by atoms with van der Waals surface area (Å²) in [5.41, 5.74) is 3.23. The van der Waals surface area contributed by atoms with Crippen molar-refractivity contribution in [2.24, 2.45) is 0 Å². The Morgan fingerprint density at radius 1 is 1.39 bits per heavy atom. The van der Waals surface area contributed by atoms with E-state index in [4.69, 9.17) is 0 Å². The number of aryl methyl sites for hydroxylation is 1. The van der Waals surface area contributed by atoms with Gasteiger partial charge >= 0.3 is 0 Å². The quantitative estimate of drug-likeness (QED) is 0.623. The number of nitrogens with zero attached hydrogens (tertiary/aromatic N) is 4. The third kappa shape index (κ3) is 3.10. The number of pyridine rings is 1. The standard InChI is InChI=1S/C17H24N4OS/c1-4-15-17(19(2)12-22)21-11-14(5-6-16(21)18-15)13-7-9-20(23-3)10-8-13/h5-6,11-13H,4,7-10H2,1-3H3. The van der Waals surface area contributed by atoms with Gasteiger partial charge in [0.05, 0.1) is 5.69 Å². The summed E-state index contributed by atoms with van der Waals surface area (Å²) in [6.45, 7) is 4.34. The maximum atomic E-state index is 11.2. The highest BCUT2D eigenvalue weighted by Gasteiger charge is 2.22. The van der Waals surface area contributed by atoms with E-state index in [2.05, 4.69) is 45.2 Å². The van der Waals surface area contributed by atoms with Crippen molar-refractivity contribution in [1.82, 2.24) is 13.7 Å². The van der Waals surface area contributed by atoms with Gasteiger partial charge in [0.1, 0.15) is 11.5 Å². The lowest BCUT2D eigenvalue weighted by atomic mass is 9.91. The first-order valence-corrected chi connectivity index (χ1v) is 9.34. The minimum absolute atomic E-state index is 0.588. The molecule has 0 N–H and O–H groups in total. The first-order chi connectivity index (χ1) is 11.2. The maximum Gasteiger partial charge on any atom is 0.215 e. The lowest BCUT2D eigenvalue weighted by Gasteiger charge is -2.30. The van der Waals surface area contributed by atoms with Crippen LogP contribution >= 0.6 is 11.9 Å². The minimum Gasteiger partial charge on any atom is -0.302 e. The van der Waals surface area contributed by atoms with E-state index in [0.29, 0.717) is 5.92 Å². The van der Waals surface area contributed by atoms with Gasteiger partial charge in [0.15, 0.2) is 0 Å². The predicted molar refractivity (Wildman–Crippen MR) is 96.1 cm³/mol. The van der Waals surface area contributed by atoms with Crippen molar-refractivity contribution in [3.05, 3.63) is 29.6 Å². The van der Waals surface area contributed by atoms with Crippen LogP contribution in [0.4, 0.5) is 5.82 Å². The molecule has 1 fully saturated rings. The first-order valence-electron chi connectivity index (χ1n) is 8.16. The number of carbonyl (C=O) groups is 1. The molecule has 1 aliphatic heterocycles. The molecule has 2 aromatic heterocycles. The molecule has 1 aliphatic rings. The van der Waals surface area contributed by atoms with Crippen molar-refractivity contribution in [3.63, 3.8) is 0 Å². The summed E-state index contributed by atoms with van der Waals surface area (Å²) in [6, 6.07) is 4.28. The maximum absolute atomic E-state index is 11.2. The molecule has 0 aliphatic carbocycles. The number of anilines is 1. The number of carbonyl (C=O) groups excluding carboxylic acids is 1. The Morgan fingerprint density at radius 2 is 2.13 bits per heavy atom. The zero-order valence-corrected chi connectivity index (χ0v) is 14.8. The van der Waals surface area contributed by atoms with E-state index in [0.717, 1.165) is 43.1 Å². The summed E-state index contributed by atoms with van der Waals surface area (Å²) in [4.78, 5) is 17.5. The Labute approximate surface area is 141 Å². The van der Waals surface area contributed by atoms with Crippen molar-refractivity contribution in [3.8, 4) is 0 Å². The van der Waals surface area contributed by atoms with E-state index in [1.54, 1.807) is 11.9 Å².